The van der Waals surface area contributed by atoms with Crippen molar-refractivity contribution in [3.8, 4) is 0 Å². The molecule has 106 valence electrons. The second-order valence-corrected chi connectivity index (χ2v) is 6.39. The number of hydrogen-bond donors (Lipinski definition) is 2. The van der Waals surface area contributed by atoms with Crippen LogP contribution in [0.25, 0.3) is 0 Å². The highest BCUT2D eigenvalue weighted by Gasteiger charge is 2.24. The van der Waals surface area contributed by atoms with Crippen LogP contribution in [0.2, 0.25) is 0 Å². The van der Waals surface area contributed by atoms with E-state index in [4.69, 9.17) is 10.9 Å². The molecule has 0 aromatic rings. The molecule has 1 fully saturated rings. The van der Waals surface area contributed by atoms with Gasteiger partial charge >= 0.3 is 0 Å². The number of amidine groups is 1. The fourth-order valence-corrected chi connectivity index (χ4v) is 2.14. The Morgan fingerprint density at radius 2 is 1.83 bits per heavy atom. The summed E-state index contributed by atoms with van der Waals surface area (Å²) in [7, 11) is 0. The predicted molar refractivity (Wildman–Crippen MR) is 75.0 cm³/mol. The van der Waals surface area contributed by atoms with Crippen LogP contribution < -0.4 is 5.73 Å². The van der Waals surface area contributed by atoms with Crippen LogP contribution in [0.4, 0.5) is 0 Å². The van der Waals surface area contributed by atoms with Crippen LogP contribution in [-0.4, -0.2) is 59.6 Å². The number of rotatable bonds is 4. The first-order chi connectivity index (χ1) is 8.33. The van der Waals surface area contributed by atoms with Gasteiger partial charge in [-0.05, 0) is 25.3 Å². The molecule has 1 aliphatic heterocycles. The quantitative estimate of drug-likeness (QED) is 0.343. The van der Waals surface area contributed by atoms with E-state index < -0.39 is 0 Å². The fraction of sp³-hybridized carbons (Fsp3) is 0.923. The first-order valence-corrected chi connectivity index (χ1v) is 6.77. The van der Waals surface area contributed by atoms with E-state index in [-0.39, 0.29) is 6.04 Å². The second kappa shape index (κ2) is 6.38. The monoisotopic (exact) mass is 256 g/mol. The highest BCUT2D eigenvalue weighted by atomic mass is 16.4. The van der Waals surface area contributed by atoms with E-state index >= 15 is 0 Å². The van der Waals surface area contributed by atoms with Gasteiger partial charge in [-0.25, -0.2) is 0 Å². The van der Waals surface area contributed by atoms with Crippen molar-refractivity contribution >= 4 is 5.84 Å². The molecule has 0 bridgehead atoms. The maximum Gasteiger partial charge on any atom is 0.156 e. The molecule has 1 atom stereocenters. The second-order valence-electron chi connectivity index (χ2n) is 6.39. The van der Waals surface area contributed by atoms with Crippen LogP contribution in [0.3, 0.4) is 0 Å². The summed E-state index contributed by atoms with van der Waals surface area (Å²) in [5.41, 5.74) is 6.04. The Morgan fingerprint density at radius 1 is 1.28 bits per heavy atom. The minimum Gasteiger partial charge on any atom is -0.409 e. The van der Waals surface area contributed by atoms with Crippen LogP contribution >= 0.6 is 0 Å². The first kappa shape index (κ1) is 15.2. The molecule has 5 heteroatoms. The van der Waals surface area contributed by atoms with Crippen LogP contribution in [0, 0.1) is 5.41 Å². The minimum absolute atomic E-state index is 0.0276. The predicted octanol–water partition coefficient (Wildman–Crippen LogP) is 1.18. The van der Waals surface area contributed by atoms with Gasteiger partial charge in [0.15, 0.2) is 5.84 Å². The molecule has 1 aliphatic rings. The molecule has 0 aromatic carbocycles. The van der Waals surface area contributed by atoms with Crippen molar-refractivity contribution in [3.05, 3.63) is 0 Å². The molecule has 5 nitrogen and oxygen atoms in total. The zero-order valence-electron chi connectivity index (χ0n) is 12.2. The van der Waals surface area contributed by atoms with Gasteiger partial charge in [0.25, 0.3) is 0 Å². The van der Waals surface area contributed by atoms with Crippen molar-refractivity contribution in [1.29, 1.82) is 0 Å². The highest BCUT2D eigenvalue weighted by molar-refractivity contribution is 5.84. The van der Waals surface area contributed by atoms with E-state index in [0.29, 0.717) is 11.3 Å². The standard InChI is InChI=1S/C13H28N4O/c1-11(12(14)15-18)17-9-7-16(8-10-17)6-5-13(2,3)4/h11,18H,5-10H2,1-4H3,(H2,14,15). The van der Waals surface area contributed by atoms with E-state index in [2.05, 4.69) is 35.7 Å². The van der Waals surface area contributed by atoms with Gasteiger partial charge in [-0.2, -0.15) is 0 Å². The van der Waals surface area contributed by atoms with Crippen molar-refractivity contribution in [2.75, 3.05) is 32.7 Å². The lowest BCUT2D eigenvalue weighted by molar-refractivity contribution is 0.111. The molecule has 0 spiro atoms. The number of piperazine rings is 1. The van der Waals surface area contributed by atoms with Crippen LogP contribution in [-0.2, 0) is 0 Å². The van der Waals surface area contributed by atoms with Gasteiger partial charge in [0.05, 0.1) is 6.04 Å². The van der Waals surface area contributed by atoms with Gasteiger partial charge in [0, 0.05) is 26.2 Å². The molecule has 1 heterocycles. The maximum atomic E-state index is 8.69. The van der Waals surface area contributed by atoms with Gasteiger partial charge < -0.3 is 15.8 Å². The molecule has 3 N–H and O–H groups in total. The van der Waals surface area contributed by atoms with Crippen LogP contribution in [0.5, 0.6) is 0 Å². The number of nitrogens with two attached hydrogens (primary N) is 1. The third-order valence-electron chi connectivity index (χ3n) is 3.68. The molecule has 0 radical (unpaired) electrons. The van der Waals surface area contributed by atoms with E-state index in [1.54, 1.807) is 0 Å². The SMILES string of the molecule is CC(C(N)=NO)N1CCN(CCC(C)(C)C)CC1. The summed E-state index contributed by atoms with van der Waals surface area (Å²) in [5, 5.41) is 11.8. The molecule has 1 saturated heterocycles. The Bertz CT molecular complexity index is 277. The number of hydrogen-bond acceptors (Lipinski definition) is 4. The van der Waals surface area contributed by atoms with Crippen molar-refractivity contribution in [2.24, 2.45) is 16.3 Å². The third kappa shape index (κ3) is 4.82. The maximum absolute atomic E-state index is 8.69. The molecule has 1 rings (SSSR count). The van der Waals surface area contributed by atoms with E-state index in [0.717, 1.165) is 32.7 Å². The Balaban J connectivity index is 2.33. The van der Waals surface area contributed by atoms with E-state index in [1.807, 2.05) is 6.92 Å². The zero-order valence-corrected chi connectivity index (χ0v) is 12.2. The van der Waals surface area contributed by atoms with Gasteiger partial charge in [0.2, 0.25) is 0 Å². The Morgan fingerprint density at radius 3 is 2.28 bits per heavy atom. The largest absolute Gasteiger partial charge is 0.409 e. The number of oxime groups is 1. The Hall–Kier alpha value is -0.810. The van der Waals surface area contributed by atoms with E-state index in [9.17, 15) is 0 Å². The molecule has 0 aromatic heterocycles. The third-order valence-corrected chi connectivity index (χ3v) is 3.68. The summed E-state index contributed by atoms with van der Waals surface area (Å²) in [6.07, 6.45) is 1.22. The van der Waals surface area contributed by atoms with E-state index in [1.165, 1.54) is 6.42 Å². The smallest absolute Gasteiger partial charge is 0.156 e. The summed E-state index contributed by atoms with van der Waals surface area (Å²) in [4.78, 5) is 4.77. The minimum atomic E-state index is 0.0276. The lowest BCUT2D eigenvalue weighted by Crippen LogP contribution is -2.53. The summed E-state index contributed by atoms with van der Waals surface area (Å²) < 4.78 is 0. The van der Waals surface area contributed by atoms with Crippen LogP contribution in [0.15, 0.2) is 5.16 Å². The fourth-order valence-electron chi connectivity index (χ4n) is 2.14. The summed E-state index contributed by atoms with van der Waals surface area (Å²) in [6, 6.07) is 0.0276. The average molecular weight is 256 g/mol. The average Bonchev–Trinajstić information content (AvgIpc) is 2.34. The lowest BCUT2D eigenvalue weighted by atomic mass is 9.92. The summed E-state index contributed by atoms with van der Waals surface area (Å²) in [6.45, 7) is 14.1. The van der Waals surface area contributed by atoms with Crippen molar-refractivity contribution in [3.63, 3.8) is 0 Å². The van der Waals surface area contributed by atoms with Gasteiger partial charge in [-0.1, -0.05) is 25.9 Å². The molecule has 1 unspecified atom stereocenters. The summed E-state index contributed by atoms with van der Waals surface area (Å²) >= 11 is 0. The normalized spacial score (nSPS) is 22.1. The Labute approximate surface area is 111 Å². The van der Waals surface area contributed by atoms with Crippen LogP contribution in [0.1, 0.15) is 34.1 Å². The highest BCUT2D eigenvalue weighted by Crippen LogP contribution is 2.19. The topological polar surface area (TPSA) is 65.1 Å². The molecular formula is C13H28N4O. The Kier molecular flexibility index (Phi) is 5.41. The van der Waals surface area contributed by atoms with Gasteiger partial charge in [-0.3, -0.25) is 4.90 Å². The van der Waals surface area contributed by atoms with Crippen molar-refractivity contribution in [1.82, 2.24) is 9.80 Å². The zero-order chi connectivity index (χ0) is 13.8. The molecule has 0 amide bonds. The summed E-state index contributed by atoms with van der Waals surface area (Å²) in [5.74, 6) is 0.304. The molecule has 18 heavy (non-hydrogen) atoms. The molecule has 0 aliphatic carbocycles. The molecule has 0 saturated carbocycles. The van der Waals surface area contributed by atoms with Gasteiger partial charge in [-0.15, -0.1) is 0 Å². The first-order valence-electron chi connectivity index (χ1n) is 6.77. The molecular weight excluding hydrogens is 228 g/mol. The van der Waals surface area contributed by atoms with Gasteiger partial charge in [0.1, 0.15) is 0 Å². The van der Waals surface area contributed by atoms with Crippen molar-refractivity contribution in [2.45, 2.75) is 40.2 Å². The number of nitrogens with zero attached hydrogens (tertiary/aromatic N) is 3. The lowest BCUT2D eigenvalue weighted by Gasteiger charge is -2.38. The van der Waals surface area contributed by atoms with Crippen molar-refractivity contribution < 1.29 is 5.21 Å².